The van der Waals surface area contributed by atoms with Crippen LogP contribution in [0.1, 0.15) is 15.9 Å². The Labute approximate surface area is 235 Å². The highest BCUT2D eigenvalue weighted by Gasteiger charge is 2.20. The molecular weight excluding hydrogens is 620 g/mol. The van der Waals surface area contributed by atoms with Crippen molar-refractivity contribution in [3.05, 3.63) is 86.4 Å². The molecule has 0 radical (unpaired) electrons. The van der Waals surface area contributed by atoms with E-state index in [-0.39, 0.29) is 17.3 Å². The van der Waals surface area contributed by atoms with Crippen molar-refractivity contribution in [3.63, 3.8) is 0 Å². The van der Waals surface area contributed by atoms with Gasteiger partial charge in [0.25, 0.3) is 5.91 Å². The summed E-state index contributed by atoms with van der Waals surface area (Å²) in [6.07, 6.45) is 1.43. The first kappa shape index (κ1) is 27.1. The Morgan fingerprint density at radius 3 is 2.45 bits per heavy atom. The predicted molar refractivity (Wildman–Crippen MR) is 151 cm³/mol. The van der Waals surface area contributed by atoms with E-state index in [9.17, 15) is 14.7 Å². The van der Waals surface area contributed by atoms with Gasteiger partial charge in [0, 0.05) is 32.5 Å². The van der Waals surface area contributed by atoms with Crippen molar-refractivity contribution in [2.75, 3.05) is 14.2 Å². The van der Waals surface area contributed by atoms with E-state index in [1.165, 1.54) is 24.9 Å². The van der Waals surface area contributed by atoms with Gasteiger partial charge < -0.3 is 24.5 Å². The van der Waals surface area contributed by atoms with E-state index < -0.39 is 11.8 Å². The number of ether oxygens (including phenoxy) is 2. The fraction of sp³-hybridized carbons (Fsp3) is 0.111. The molecule has 1 aromatic heterocycles. The number of carbonyl (C=O) groups is 2. The van der Waals surface area contributed by atoms with E-state index in [1.54, 1.807) is 61.6 Å². The molecule has 0 aliphatic carbocycles. The molecule has 2 amide bonds. The number of nitrogens with one attached hydrogen (secondary N) is 1. The minimum atomic E-state index is -0.843. The maximum atomic E-state index is 13.3. The van der Waals surface area contributed by atoms with E-state index >= 15 is 0 Å². The van der Waals surface area contributed by atoms with Crippen LogP contribution in [0.25, 0.3) is 17.0 Å². The highest BCUT2D eigenvalue weighted by Crippen LogP contribution is 2.42. The van der Waals surface area contributed by atoms with Crippen molar-refractivity contribution in [2.24, 2.45) is 17.3 Å². The third-order valence-electron chi connectivity index (χ3n) is 5.64. The minimum Gasteiger partial charge on any atom is -0.497 e. The molecule has 38 heavy (non-hydrogen) atoms. The van der Waals surface area contributed by atoms with Gasteiger partial charge in [0.05, 0.1) is 19.7 Å². The van der Waals surface area contributed by atoms with Crippen LogP contribution < -0.4 is 14.8 Å². The van der Waals surface area contributed by atoms with Gasteiger partial charge in [-0.2, -0.15) is 0 Å². The lowest BCUT2D eigenvalue weighted by Gasteiger charge is -2.10. The Balaban J connectivity index is 1.78. The summed E-state index contributed by atoms with van der Waals surface area (Å²) < 4.78 is 13.7. The quantitative estimate of drug-likeness (QED) is 0.176. The standard InChI is InChI=1S/C27H22Br2N4O5/c1-33-24-19(13-17(28)14-20(24)29)23(27(33)36)31-32-26(35)21(30-25(34)15-7-5-4-6-8-15)12-16-11-18(37-2)9-10-22(16)38-3/h4-14,36H,1-3H3,(H,30,34). The van der Waals surface area contributed by atoms with Gasteiger partial charge >= 0.3 is 5.91 Å². The summed E-state index contributed by atoms with van der Waals surface area (Å²) in [5.74, 6) is -0.559. The minimum absolute atomic E-state index is 0.102. The summed E-state index contributed by atoms with van der Waals surface area (Å²) in [6.45, 7) is 0. The third-order valence-corrected chi connectivity index (χ3v) is 6.70. The highest BCUT2D eigenvalue weighted by molar-refractivity contribution is 9.11. The van der Waals surface area contributed by atoms with Crippen LogP contribution in [0.3, 0.4) is 0 Å². The number of azo groups is 1. The molecule has 194 valence electrons. The number of rotatable bonds is 7. The Bertz CT molecular complexity index is 1600. The van der Waals surface area contributed by atoms with Crippen LogP contribution in [0.4, 0.5) is 5.69 Å². The number of halogens is 2. The smallest absolute Gasteiger partial charge is 0.311 e. The van der Waals surface area contributed by atoms with Crippen molar-refractivity contribution in [3.8, 4) is 17.4 Å². The first-order chi connectivity index (χ1) is 18.2. The molecule has 0 unspecified atom stereocenters. The van der Waals surface area contributed by atoms with Crippen molar-refractivity contribution in [2.45, 2.75) is 0 Å². The average molecular weight is 642 g/mol. The third kappa shape index (κ3) is 5.63. The second-order valence-corrected chi connectivity index (χ2v) is 9.78. The highest BCUT2D eigenvalue weighted by atomic mass is 79.9. The van der Waals surface area contributed by atoms with Crippen molar-refractivity contribution in [1.82, 2.24) is 9.88 Å². The zero-order valence-electron chi connectivity index (χ0n) is 20.5. The fourth-order valence-electron chi connectivity index (χ4n) is 3.76. The van der Waals surface area contributed by atoms with Crippen LogP contribution in [0.2, 0.25) is 0 Å². The molecule has 0 saturated heterocycles. The van der Waals surface area contributed by atoms with Gasteiger partial charge in [-0.1, -0.05) is 34.1 Å². The van der Waals surface area contributed by atoms with Crippen molar-refractivity contribution < 1.29 is 24.2 Å². The van der Waals surface area contributed by atoms with Crippen molar-refractivity contribution in [1.29, 1.82) is 0 Å². The second-order valence-electron chi connectivity index (χ2n) is 8.01. The van der Waals surface area contributed by atoms with E-state index in [4.69, 9.17) is 9.47 Å². The van der Waals surface area contributed by atoms with Crippen LogP contribution in [-0.2, 0) is 11.8 Å². The van der Waals surface area contributed by atoms with Crippen LogP contribution in [0.5, 0.6) is 17.4 Å². The first-order valence-electron chi connectivity index (χ1n) is 11.2. The van der Waals surface area contributed by atoms with Gasteiger partial charge in [0.2, 0.25) is 5.88 Å². The van der Waals surface area contributed by atoms with Gasteiger partial charge in [-0.3, -0.25) is 9.59 Å². The molecule has 2 N–H and O–H groups in total. The molecule has 0 atom stereocenters. The molecule has 0 aliphatic heterocycles. The number of fused-ring (bicyclic) bond motifs is 1. The Morgan fingerprint density at radius 1 is 1.03 bits per heavy atom. The van der Waals surface area contributed by atoms with E-state index in [1.807, 2.05) is 6.07 Å². The molecule has 4 aromatic rings. The summed E-state index contributed by atoms with van der Waals surface area (Å²) >= 11 is 6.91. The van der Waals surface area contributed by atoms with E-state index in [0.29, 0.717) is 38.0 Å². The molecule has 11 heteroatoms. The molecule has 3 aromatic carbocycles. The largest absolute Gasteiger partial charge is 0.497 e. The molecular formula is C27H22Br2N4O5. The Kier molecular flexibility index (Phi) is 8.28. The molecule has 9 nitrogen and oxygen atoms in total. The Hall–Kier alpha value is -3.96. The van der Waals surface area contributed by atoms with E-state index in [2.05, 4.69) is 47.4 Å². The SMILES string of the molecule is COc1ccc(OC)c(C=C(NC(=O)c2ccccc2)C(=O)N=Nc2c(O)n(C)c3c(Br)cc(Br)cc23)c1. The van der Waals surface area contributed by atoms with Crippen LogP contribution in [0, 0.1) is 0 Å². The number of hydrogen-bond donors (Lipinski definition) is 2. The van der Waals surface area contributed by atoms with Crippen molar-refractivity contribution >= 4 is 66.3 Å². The van der Waals surface area contributed by atoms with Gasteiger partial charge in [-0.05, 0) is 64.5 Å². The molecule has 0 bridgehead atoms. The van der Waals surface area contributed by atoms with Gasteiger partial charge in [0.1, 0.15) is 17.2 Å². The van der Waals surface area contributed by atoms with Gasteiger partial charge in [-0.15, -0.1) is 10.2 Å². The summed E-state index contributed by atoms with van der Waals surface area (Å²) in [5.41, 5.74) is 1.44. The number of nitrogens with zero attached hydrogens (tertiary/aromatic N) is 3. The van der Waals surface area contributed by atoms with Crippen LogP contribution in [0.15, 0.2) is 85.5 Å². The summed E-state index contributed by atoms with van der Waals surface area (Å²) in [4.78, 5) is 26.2. The molecule has 0 saturated carbocycles. The monoisotopic (exact) mass is 640 g/mol. The second kappa shape index (κ2) is 11.6. The first-order valence-corrected chi connectivity index (χ1v) is 12.7. The topological polar surface area (TPSA) is 115 Å². The van der Waals surface area contributed by atoms with Gasteiger partial charge in [-0.25, -0.2) is 0 Å². The lowest BCUT2D eigenvalue weighted by Crippen LogP contribution is -2.26. The number of hydrogen-bond acceptors (Lipinski definition) is 6. The lowest BCUT2D eigenvalue weighted by molar-refractivity contribution is -0.115. The normalized spacial score (nSPS) is 11.7. The number of carbonyl (C=O) groups excluding carboxylic acids is 2. The molecule has 4 rings (SSSR count). The number of benzene rings is 3. The summed E-state index contributed by atoms with van der Waals surface area (Å²) in [6, 6.07) is 17.1. The lowest BCUT2D eigenvalue weighted by atomic mass is 10.1. The van der Waals surface area contributed by atoms with E-state index in [0.717, 1.165) is 4.47 Å². The average Bonchev–Trinajstić information content (AvgIpc) is 3.15. The number of methoxy groups -OCH3 is 2. The number of aryl methyl sites for hydroxylation is 1. The molecule has 1 heterocycles. The van der Waals surface area contributed by atoms with Crippen LogP contribution in [-0.4, -0.2) is 35.7 Å². The summed E-state index contributed by atoms with van der Waals surface area (Å²) in [7, 11) is 4.67. The fourth-order valence-corrected chi connectivity index (χ4v) is 5.25. The van der Waals surface area contributed by atoms with Crippen LogP contribution >= 0.6 is 31.9 Å². The zero-order valence-corrected chi connectivity index (χ0v) is 23.7. The molecule has 0 fully saturated rings. The molecule has 0 aliphatic rings. The maximum absolute atomic E-state index is 13.3. The molecule has 0 spiro atoms. The number of aromatic hydroxyl groups is 1. The number of amides is 2. The maximum Gasteiger partial charge on any atom is 0.311 e. The zero-order chi connectivity index (χ0) is 27.4. The summed E-state index contributed by atoms with van der Waals surface area (Å²) in [5, 5.41) is 21.8. The van der Waals surface area contributed by atoms with Gasteiger partial charge in [0.15, 0.2) is 5.69 Å². The Morgan fingerprint density at radius 2 is 1.76 bits per heavy atom. The predicted octanol–water partition coefficient (Wildman–Crippen LogP) is 6.51. The number of aromatic nitrogens is 1.